The fourth-order valence-electron chi connectivity index (χ4n) is 3.50. The average Bonchev–Trinajstić information content (AvgIpc) is 3.11. The molecule has 9 heteroatoms. The normalized spacial score (nSPS) is 12.2. The second kappa shape index (κ2) is 9.87. The summed E-state index contributed by atoms with van der Waals surface area (Å²) in [6.07, 6.45) is -4.37. The van der Waals surface area contributed by atoms with Gasteiger partial charge >= 0.3 is 6.18 Å². The Kier molecular flexibility index (Phi) is 7.40. The van der Waals surface area contributed by atoms with Crippen LogP contribution in [0.5, 0.6) is 0 Å². The molecule has 0 saturated heterocycles. The zero-order valence-electron chi connectivity index (χ0n) is 18.5. The van der Waals surface area contributed by atoms with Crippen molar-refractivity contribution in [3.05, 3.63) is 53.6 Å². The molecule has 3 aromatic rings. The van der Waals surface area contributed by atoms with Crippen LogP contribution in [0.4, 0.5) is 24.0 Å². The first-order valence-corrected chi connectivity index (χ1v) is 11.2. The van der Waals surface area contributed by atoms with Gasteiger partial charge in [-0.05, 0) is 70.2 Å². The fraction of sp³-hybridized carbons (Fsp3) is 0.391. The minimum atomic E-state index is -4.37. The lowest BCUT2D eigenvalue weighted by Crippen LogP contribution is -2.42. The zero-order valence-corrected chi connectivity index (χ0v) is 19.3. The second-order valence-electron chi connectivity index (χ2n) is 8.08. The molecule has 3 rings (SSSR count). The van der Waals surface area contributed by atoms with Gasteiger partial charge in [-0.1, -0.05) is 11.3 Å². The summed E-state index contributed by atoms with van der Waals surface area (Å²) in [6.45, 7) is 9.86. The molecule has 0 aliphatic rings. The number of carbonyl (C=O) groups excluding carboxylic acids is 1. The average molecular weight is 465 g/mol. The Morgan fingerprint density at radius 1 is 1.06 bits per heavy atom. The van der Waals surface area contributed by atoms with Crippen molar-refractivity contribution < 1.29 is 18.0 Å². The number of aromatic nitrogens is 1. The Bertz CT molecular complexity index is 1050. The zero-order chi connectivity index (χ0) is 23.5. The third kappa shape index (κ3) is 5.98. The molecule has 0 aliphatic heterocycles. The molecular formula is C23H27F3N4OS. The van der Waals surface area contributed by atoms with Crippen molar-refractivity contribution >= 4 is 38.3 Å². The van der Waals surface area contributed by atoms with Crippen LogP contribution in [0.3, 0.4) is 0 Å². The number of rotatable bonds is 8. The van der Waals surface area contributed by atoms with Gasteiger partial charge in [0.1, 0.15) is 0 Å². The van der Waals surface area contributed by atoms with Gasteiger partial charge in [0, 0.05) is 36.4 Å². The van der Waals surface area contributed by atoms with Gasteiger partial charge in [-0.3, -0.25) is 9.69 Å². The highest BCUT2D eigenvalue weighted by Gasteiger charge is 2.30. The van der Waals surface area contributed by atoms with E-state index < -0.39 is 11.7 Å². The van der Waals surface area contributed by atoms with E-state index in [0.29, 0.717) is 40.5 Å². The Labute approximate surface area is 189 Å². The van der Waals surface area contributed by atoms with Crippen molar-refractivity contribution in [3.8, 4) is 0 Å². The SMILES string of the molecule is CC(C)N(CCNC(=O)c1ccc2nc(Nc3ccc(C(F)(F)F)cc3)sc2c1)C(C)C. The molecule has 1 heterocycles. The molecule has 0 radical (unpaired) electrons. The molecule has 1 aromatic heterocycles. The van der Waals surface area contributed by atoms with Crippen molar-refractivity contribution in [1.82, 2.24) is 15.2 Å². The predicted molar refractivity (Wildman–Crippen MR) is 124 cm³/mol. The number of carbonyl (C=O) groups is 1. The smallest absolute Gasteiger partial charge is 0.351 e. The highest BCUT2D eigenvalue weighted by Crippen LogP contribution is 2.32. The van der Waals surface area contributed by atoms with Crippen molar-refractivity contribution in [2.24, 2.45) is 0 Å². The van der Waals surface area contributed by atoms with Gasteiger partial charge in [0.05, 0.1) is 15.8 Å². The summed E-state index contributed by atoms with van der Waals surface area (Å²) in [5, 5.41) is 6.53. The number of nitrogens with one attached hydrogen (secondary N) is 2. The molecule has 172 valence electrons. The summed E-state index contributed by atoms with van der Waals surface area (Å²) in [7, 11) is 0. The monoisotopic (exact) mass is 464 g/mol. The maximum atomic E-state index is 12.7. The number of fused-ring (bicyclic) bond motifs is 1. The van der Waals surface area contributed by atoms with Crippen LogP contribution < -0.4 is 10.6 Å². The van der Waals surface area contributed by atoms with E-state index in [1.807, 2.05) is 0 Å². The molecule has 2 aromatic carbocycles. The predicted octanol–water partition coefficient (Wildman–Crippen LogP) is 5.91. The lowest BCUT2D eigenvalue weighted by molar-refractivity contribution is -0.137. The van der Waals surface area contributed by atoms with Gasteiger partial charge in [-0.2, -0.15) is 13.2 Å². The lowest BCUT2D eigenvalue weighted by Gasteiger charge is -2.30. The van der Waals surface area contributed by atoms with E-state index in [1.54, 1.807) is 18.2 Å². The van der Waals surface area contributed by atoms with Crippen LogP contribution in [0.1, 0.15) is 43.6 Å². The van der Waals surface area contributed by atoms with E-state index in [2.05, 4.69) is 48.2 Å². The molecule has 0 bridgehead atoms. The van der Waals surface area contributed by atoms with E-state index in [0.717, 1.165) is 23.4 Å². The molecule has 1 amide bonds. The third-order valence-electron chi connectivity index (χ3n) is 5.10. The maximum Gasteiger partial charge on any atom is 0.416 e. The van der Waals surface area contributed by atoms with E-state index in [4.69, 9.17) is 0 Å². The number of alkyl halides is 3. The number of benzene rings is 2. The van der Waals surface area contributed by atoms with Gasteiger partial charge in [-0.25, -0.2) is 4.98 Å². The van der Waals surface area contributed by atoms with Gasteiger partial charge in [0.2, 0.25) is 0 Å². The minimum Gasteiger partial charge on any atom is -0.351 e. The Morgan fingerprint density at radius 2 is 1.72 bits per heavy atom. The first-order valence-electron chi connectivity index (χ1n) is 10.4. The quantitative estimate of drug-likeness (QED) is 0.435. The summed E-state index contributed by atoms with van der Waals surface area (Å²) in [6, 6.07) is 10.9. The number of hydrogen-bond acceptors (Lipinski definition) is 5. The van der Waals surface area contributed by atoms with Crippen molar-refractivity contribution in [1.29, 1.82) is 0 Å². The van der Waals surface area contributed by atoms with E-state index >= 15 is 0 Å². The molecule has 0 saturated carbocycles. The molecule has 0 fully saturated rings. The number of nitrogens with zero attached hydrogens (tertiary/aromatic N) is 2. The van der Waals surface area contributed by atoms with Crippen LogP contribution in [0.2, 0.25) is 0 Å². The third-order valence-corrected chi connectivity index (χ3v) is 6.03. The van der Waals surface area contributed by atoms with Crippen molar-refractivity contribution in [3.63, 3.8) is 0 Å². The Balaban J connectivity index is 1.64. The number of thiazole rings is 1. The van der Waals surface area contributed by atoms with Gasteiger partial charge in [-0.15, -0.1) is 0 Å². The maximum absolute atomic E-state index is 12.7. The first-order chi connectivity index (χ1) is 15.0. The molecule has 5 nitrogen and oxygen atoms in total. The summed E-state index contributed by atoms with van der Waals surface area (Å²) in [5.41, 5.74) is 1.07. The fourth-order valence-corrected chi connectivity index (χ4v) is 4.42. The summed E-state index contributed by atoms with van der Waals surface area (Å²) < 4.78 is 39.0. The number of amides is 1. The molecule has 0 spiro atoms. The molecule has 0 atom stereocenters. The van der Waals surface area contributed by atoms with Crippen LogP contribution in [0.15, 0.2) is 42.5 Å². The van der Waals surface area contributed by atoms with Crippen LogP contribution in [0.25, 0.3) is 10.2 Å². The first kappa shape index (κ1) is 24.0. The number of anilines is 2. The van der Waals surface area contributed by atoms with Crippen LogP contribution in [-0.4, -0.2) is 41.0 Å². The van der Waals surface area contributed by atoms with E-state index in [9.17, 15) is 18.0 Å². The number of halogens is 3. The van der Waals surface area contributed by atoms with Gasteiger partial charge < -0.3 is 10.6 Å². The molecule has 0 unspecified atom stereocenters. The second-order valence-corrected chi connectivity index (χ2v) is 9.11. The van der Waals surface area contributed by atoms with Crippen molar-refractivity contribution in [2.75, 3.05) is 18.4 Å². The largest absolute Gasteiger partial charge is 0.416 e. The topological polar surface area (TPSA) is 57.3 Å². The van der Waals surface area contributed by atoms with Crippen LogP contribution in [0, 0.1) is 0 Å². The molecule has 0 aliphatic carbocycles. The minimum absolute atomic E-state index is 0.148. The Morgan fingerprint density at radius 3 is 2.31 bits per heavy atom. The number of hydrogen-bond donors (Lipinski definition) is 2. The molecular weight excluding hydrogens is 437 g/mol. The van der Waals surface area contributed by atoms with Crippen LogP contribution in [-0.2, 0) is 6.18 Å². The summed E-state index contributed by atoms with van der Waals surface area (Å²) in [4.78, 5) is 19.3. The van der Waals surface area contributed by atoms with Gasteiger partial charge in [0.15, 0.2) is 5.13 Å². The summed E-state index contributed by atoms with van der Waals surface area (Å²) in [5.74, 6) is -0.148. The lowest BCUT2D eigenvalue weighted by atomic mass is 10.2. The standard InChI is InChI=1S/C23H27F3N4OS/c1-14(2)30(15(3)4)12-11-27-21(31)16-5-10-19-20(13-16)32-22(29-19)28-18-8-6-17(7-9-18)23(24,25)26/h5-10,13-15H,11-12H2,1-4H3,(H,27,31)(H,28,29). The van der Waals surface area contributed by atoms with Crippen molar-refractivity contribution in [2.45, 2.75) is 46.0 Å². The van der Waals surface area contributed by atoms with E-state index in [1.165, 1.54) is 23.5 Å². The highest BCUT2D eigenvalue weighted by atomic mass is 32.1. The summed E-state index contributed by atoms with van der Waals surface area (Å²) >= 11 is 1.34. The Hall–Kier alpha value is -2.65. The molecule has 2 N–H and O–H groups in total. The highest BCUT2D eigenvalue weighted by molar-refractivity contribution is 7.22. The van der Waals surface area contributed by atoms with Crippen LogP contribution >= 0.6 is 11.3 Å². The van der Waals surface area contributed by atoms with E-state index in [-0.39, 0.29) is 5.91 Å². The molecule has 32 heavy (non-hydrogen) atoms. The van der Waals surface area contributed by atoms with Gasteiger partial charge in [0.25, 0.3) is 5.91 Å².